The lowest BCUT2D eigenvalue weighted by Gasteiger charge is -2.33. The van der Waals surface area contributed by atoms with Gasteiger partial charge in [0, 0.05) is 25.7 Å². The van der Waals surface area contributed by atoms with Gasteiger partial charge in [-0.2, -0.15) is 0 Å². The normalized spacial score (nSPS) is 26.1. The van der Waals surface area contributed by atoms with E-state index in [2.05, 4.69) is 42.0 Å². The zero-order valence-electron chi connectivity index (χ0n) is 10.9. The number of benzene rings is 1. The van der Waals surface area contributed by atoms with E-state index in [9.17, 15) is 0 Å². The number of hydrogen-bond acceptors (Lipinski definition) is 2. The van der Waals surface area contributed by atoms with E-state index in [4.69, 9.17) is 0 Å². The molecular formula is C15H22N2. The van der Waals surface area contributed by atoms with Crippen molar-refractivity contribution in [1.82, 2.24) is 9.80 Å². The van der Waals surface area contributed by atoms with E-state index in [0.717, 1.165) is 12.6 Å². The topological polar surface area (TPSA) is 6.48 Å². The standard InChI is InChI=1S/C15H22N2/c1-12-3-4-14-10-17(8-5-13(14)9-12)15-6-7-16(2)11-15/h3-4,9,15H,5-8,10-11H2,1-2H3. The van der Waals surface area contributed by atoms with Gasteiger partial charge in [0.05, 0.1) is 0 Å². The molecule has 2 heterocycles. The van der Waals surface area contributed by atoms with Crippen molar-refractivity contribution in [3.8, 4) is 0 Å². The fraction of sp³-hybridized carbons (Fsp3) is 0.600. The first-order chi connectivity index (χ1) is 8.22. The van der Waals surface area contributed by atoms with Gasteiger partial charge in [-0.1, -0.05) is 23.8 Å². The maximum Gasteiger partial charge on any atom is 0.0240 e. The smallest absolute Gasteiger partial charge is 0.0240 e. The van der Waals surface area contributed by atoms with Crippen LogP contribution >= 0.6 is 0 Å². The van der Waals surface area contributed by atoms with Crippen LogP contribution in [0, 0.1) is 6.92 Å². The average Bonchev–Trinajstić information content (AvgIpc) is 2.75. The molecule has 1 atom stereocenters. The van der Waals surface area contributed by atoms with Gasteiger partial charge in [-0.05, 0) is 44.5 Å². The van der Waals surface area contributed by atoms with E-state index >= 15 is 0 Å². The zero-order chi connectivity index (χ0) is 11.8. The van der Waals surface area contributed by atoms with Crippen LogP contribution < -0.4 is 0 Å². The number of hydrogen-bond donors (Lipinski definition) is 0. The molecule has 0 radical (unpaired) electrons. The van der Waals surface area contributed by atoms with Gasteiger partial charge in [0.2, 0.25) is 0 Å². The van der Waals surface area contributed by atoms with E-state index in [0.29, 0.717) is 0 Å². The molecule has 17 heavy (non-hydrogen) atoms. The lowest BCUT2D eigenvalue weighted by atomic mass is 9.96. The highest BCUT2D eigenvalue weighted by Gasteiger charge is 2.28. The van der Waals surface area contributed by atoms with Gasteiger partial charge >= 0.3 is 0 Å². The fourth-order valence-corrected chi connectivity index (χ4v) is 3.23. The van der Waals surface area contributed by atoms with Gasteiger partial charge in [0.1, 0.15) is 0 Å². The summed E-state index contributed by atoms with van der Waals surface area (Å²) in [6.45, 7) is 7.12. The van der Waals surface area contributed by atoms with Crippen LogP contribution in [0.25, 0.3) is 0 Å². The van der Waals surface area contributed by atoms with Crippen molar-refractivity contribution in [3.63, 3.8) is 0 Å². The second-order valence-corrected chi connectivity index (χ2v) is 5.70. The molecular weight excluding hydrogens is 208 g/mol. The summed E-state index contributed by atoms with van der Waals surface area (Å²) in [4.78, 5) is 5.14. The Morgan fingerprint density at radius 1 is 1.18 bits per heavy atom. The molecule has 1 unspecified atom stereocenters. The molecule has 0 saturated carbocycles. The Kier molecular flexibility index (Phi) is 2.93. The van der Waals surface area contributed by atoms with Gasteiger partial charge in [-0.25, -0.2) is 0 Å². The molecule has 0 aromatic heterocycles. The Hall–Kier alpha value is -0.860. The van der Waals surface area contributed by atoms with Gasteiger partial charge in [0.15, 0.2) is 0 Å². The number of likely N-dealkylation sites (tertiary alicyclic amines) is 1. The highest BCUT2D eigenvalue weighted by atomic mass is 15.2. The Morgan fingerprint density at radius 3 is 2.82 bits per heavy atom. The quantitative estimate of drug-likeness (QED) is 0.728. The second kappa shape index (κ2) is 4.43. The summed E-state index contributed by atoms with van der Waals surface area (Å²) in [6.07, 6.45) is 2.58. The van der Waals surface area contributed by atoms with Crippen molar-refractivity contribution in [2.45, 2.75) is 32.4 Å². The van der Waals surface area contributed by atoms with Crippen molar-refractivity contribution in [2.24, 2.45) is 0 Å². The first kappa shape index (κ1) is 11.2. The van der Waals surface area contributed by atoms with Crippen LogP contribution in [0.15, 0.2) is 18.2 Å². The molecule has 92 valence electrons. The maximum atomic E-state index is 2.68. The number of likely N-dealkylation sites (N-methyl/N-ethyl adjacent to an activating group) is 1. The third kappa shape index (κ3) is 2.24. The molecule has 1 fully saturated rings. The van der Waals surface area contributed by atoms with Crippen molar-refractivity contribution in [3.05, 3.63) is 34.9 Å². The maximum absolute atomic E-state index is 2.68. The number of nitrogens with zero attached hydrogens (tertiary/aromatic N) is 2. The molecule has 0 N–H and O–H groups in total. The summed E-state index contributed by atoms with van der Waals surface area (Å²) in [5.41, 5.74) is 4.53. The highest BCUT2D eigenvalue weighted by Crippen LogP contribution is 2.24. The Balaban J connectivity index is 1.74. The monoisotopic (exact) mass is 230 g/mol. The molecule has 0 bridgehead atoms. The van der Waals surface area contributed by atoms with Crippen LogP contribution in [-0.4, -0.2) is 42.5 Å². The fourth-order valence-electron chi connectivity index (χ4n) is 3.23. The van der Waals surface area contributed by atoms with Crippen molar-refractivity contribution in [1.29, 1.82) is 0 Å². The second-order valence-electron chi connectivity index (χ2n) is 5.70. The predicted molar refractivity (Wildman–Crippen MR) is 71.2 cm³/mol. The first-order valence-electron chi connectivity index (χ1n) is 6.73. The third-order valence-corrected chi connectivity index (χ3v) is 4.29. The largest absolute Gasteiger partial charge is 0.305 e. The van der Waals surface area contributed by atoms with Crippen molar-refractivity contribution in [2.75, 3.05) is 26.7 Å². The first-order valence-corrected chi connectivity index (χ1v) is 6.73. The SMILES string of the molecule is Cc1ccc2c(c1)CCN(C1CCN(C)C1)C2. The van der Waals surface area contributed by atoms with Crippen LogP contribution in [0.2, 0.25) is 0 Å². The summed E-state index contributed by atoms with van der Waals surface area (Å²) in [7, 11) is 2.24. The summed E-state index contributed by atoms with van der Waals surface area (Å²) < 4.78 is 0. The molecule has 0 spiro atoms. The molecule has 1 aromatic rings. The summed E-state index contributed by atoms with van der Waals surface area (Å²) in [6, 6.07) is 7.74. The molecule has 0 aliphatic carbocycles. The van der Waals surface area contributed by atoms with Crippen molar-refractivity contribution < 1.29 is 0 Å². The third-order valence-electron chi connectivity index (χ3n) is 4.29. The molecule has 1 aromatic carbocycles. The van der Waals surface area contributed by atoms with Gasteiger partial charge < -0.3 is 4.90 Å². The lowest BCUT2D eigenvalue weighted by Crippen LogP contribution is -2.40. The molecule has 2 aliphatic heterocycles. The average molecular weight is 230 g/mol. The molecule has 1 saturated heterocycles. The van der Waals surface area contributed by atoms with E-state index in [-0.39, 0.29) is 0 Å². The molecule has 2 aliphatic rings. The minimum Gasteiger partial charge on any atom is -0.305 e. The minimum absolute atomic E-state index is 0.787. The van der Waals surface area contributed by atoms with E-state index in [1.807, 2.05) is 0 Å². The Morgan fingerprint density at radius 2 is 2.06 bits per heavy atom. The summed E-state index contributed by atoms with van der Waals surface area (Å²) in [5.74, 6) is 0. The Labute approximate surface area is 104 Å². The van der Waals surface area contributed by atoms with Crippen LogP contribution in [-0.2, 0) is 13.0 Å². The van der Waals surface area contributed by atoms with Gasteiger partial charge in [-0.3, -0.25) is 4.90 Å². The number of aryl methyl sites for hydroxylation is 1. The predicted octanol–water partition coefficient (Wildman–Crippen LogP) is 2.06. The minimum atomic E-state index is 0.787. The van der Waals surface area contributed by atoms with Crippen LogP contribution in [0.3, 0.4) is 0 Å². The molecule has 0 amide bonds. The van der Waals surface area contributed by atoms with E-state index in [1.165, 1.54) is 38.0 Å². The van der Waals surface area contributed by atoms with E-state index in [1.54, 1.807) is 11.1 Å². The van der Waals surface area contributed by atoms with E-state index < -0.39 is 0 Å². The lowest BCUT2D eigenvalue weighted by molar-refractivity contribution is 0.181. The van der Waals surface area contributed by atoms with Gasteiger partial charge in [-0.15, -0.1) is 0 Å². The molecule has 3 rings (SSSR count). The molecule has 2 nitrogen and oxygen atoms in total. The van der Waals surface area contributed by atoms with Crippen LogP contribution in [0.4, 0.5) is 0 Å². The van der Waals surface area contributed by atoms with Crippen molar-refractivity contribution >= 4 is 0 Å². The molecule has 2 heteroatoms. The van der Waals surface area contributed by atoms with Crippen LogP contribution in [0.5, 0.6) is 0 Å². The Bertz CT molecular complexity index is 413. The van der Waals surface area contributed by atoms with Crippen LogP contribution in [0.1, 0.15) is 23.1 Å². The number of fused-ring (bicyclic) bond motifs is 1. The van der Waals surface area contributed by atoms with Gasteiger partial charge in [0.25, 0.3) is 0 Å². The highest BCUT2D eigenvalue weighted by molar-refractivity contribution is 5.33. The summed E-state index contributed by atoms with van der Waals surface area (Å²) >= 11 is 0. The zero-order valence-corrected chi connectivity index (χ0v) is 10.9. The number of rotatable bonds is 1. The summed E-state index contributed by atoms with van der Waals surface area (Å²) in [5, 5.41) is 0.